The molecule has 0 aromatic heterocycles. The Morgan fingerprint density at radius 2 is 1.83 bits per heavy atom. The van der Waals surface area contributed by atoms with E-state index in [9.17, 15) is 0 Å². The molecule has 0 fully saturated rings. The van der Waals surface area contributed by atoms with Gasteiger partial charge in [0.05, 0.1) is 6.04 Å². The number of rotatable bonds is 3. The first-order valence-electron chi connectivity index (χ1n) is 8.42. The van der Waals surface area contributed by atoms with Crippen molar-refractivity contribution in [2.24, 2.45) is 4.99 Å². The van der Waals surface area contributed by atoms with Crippen LogP contribution in [-0.2, 0) is 4.74 Å². The summed E-state index contributed by atoms with van der Waals surface area (Å²) in [6, 6.07) is 19.1. The number of fused-ring (bicyclic) bond motifs is 1. The Labute approximate surface area is 147 Å². The van der Waals surface area contributed by atoms with Gasteiger partial charge in [0.2, 0.25) is 5.90 Å². The van der Waals surface area contributed by atoms with Crippen LogP contribution in [0.25, 0.3) is 0 Å². The van der Waals surface area contributed by atoms with Crippen LogP contribution in [0.2, 0.25) is 0 Å². The molecule has 0 saturated heterocycles. The predicted molar refractivity (Wildman–Crippen MR) is 101 cm³/mol. The van der Waals surface area contributed by atoms with E-state index < -0.39 is 0 Å². The summed E-state index contributed by atoms with van der Waals surface area (Å²) in [4.78, 5) is 7.43. The van der Waals surface area contributed by atoms with Gasteiger partial charge in [-0.05, 0) is 51.0 Å². The van der Waals surface area contributed by atoms with Crippen molar-refractivity contribution in [2.45, 2.75) is 43.2 Å². The second-order valence-corrected chi connectivity index (χ2v) is 7.70. The highest BCUT2D eigenvalue weighted by molar-refractivity contribution is 8.03. The Balaban J connectivity index is 1.60. The van der Waals surface area contributed by atoms with Gasteiger partial charge in [0.15, 0.2) is 5.60 Å². The van der Waals surface area contributed by atoms with E-state index in [1.807, 2.05) is 30.0 Å². The molecule has 1 aliphatic heterocycles. The van der Waals surface area contributed by atoms with Crippen LogP contribution in [-0.4, -0.2) is 17.5 Å². The summed E-state index contributed by atoms with van der Waals surface area (Å²) in [5.74, 6) is 0.778. The molecule has 0 saturated carbocycles. The maximum atomic E-state index is 6.41. The Morgan fingerprint density at radius 3 is 2.58 bits per heavy atom. The van der Waals surface area contributed by atoms with Crippen LogP contribution in [0.4, 0.5) is 0 Å². The minimum Gasteiger partial charge on any atom is -0.463 e. The molecule has 0 N–H and O–H groups in total. The first kappa shape index (κ1) is 15.5. The molecule has 2 aromatic rings. The molecular formula is C21H21NOS. The fraction of sp³-hybridized carbons (Fsp3) is 0.286. The molecule has 0 radical (unpaired) electrons. The van der Waals surface area contributed by atoms with Crippen LogP contribution in [0.5, 0.6) is 0 Å². The number of allylic oxidation sites excluding steroid dienone is 1. The van der Waals surface area contributed by atoms with Gasteiger partial charge in [-0.25, -0.2) is 4.99 Å². The highest BCUT2D eigenvalue weighted by atomic mass is 32.2. The van der Waals surface area contributed by atoms with Crippen LogP contribution in [0.15, 0.2) is 75.5 Å². The van der Waals surface area contributed by atoms with E-state index in [0.717, 1.165) is 24.3 Å². The maximum absolute atomic E-state index is 6.41. The van der Waals surface area contributed by atoms with Crippen molar-refractivity contribution in [3.63, 3.8) is 0 Å². The number of aliphatic imine (C=N–C) groups is 1. The lowest BCUT2D eigenvalue weighted by Crippen LogP contribution is -2.40. The Kier molecular flexibility index (Phi) is 3.97. The molecule has 122 valence electrons. The first-order valence-corrected chi connectivity index (χ1v) is 9.24. The average molecular weight is 335 g/mol. The number of hydrogen-bond donors (Lipinski definition) is 0. The number of ether oxygens (including phenoxy) is 1. The molecule has 2 atom stereocenters. The lowest BCUT2D eigenvalue weighted by Gasteiger charge is -2.34. The lowest BCUT2D eigenvalue weighted by atomic mass is 9.88. The quantitative estimate of drug-likeness (QED) is 0.752. The Hall–Kier alpha value is -2.00. The van der Waals surface area contributed by atoms with Crippen molar-refractivity contribution in [2.75, 3.05) is 0 Å². The molecule has 2 aromatic carbocycles. The number of thioether (sulfide) groups is 1. The largest absolute Gasteiger partial charge is 0.463 e. The number of aryl methyl sites for hydroxylation is 1. The molecule has 2 aliphatic rings. The summed E-state index contributed by atoms with van der Waals surface area (Å²) in [5, 5.41) is 0. The van der Waals surface area contributed by atoms with E-state index in [-0.39, 0.29) is 11.6 Å². The molecule has 24 heavy (non-hydrogen) atoms. The Bertz CT molecular complexity index is 794. The molecule has 0 amide bonds. The molecule has 0 spiro atoms. The van der Waals surface area contributed by atoms with E-state index in [0.29, 0.717) is 0 Å². The van der Waals surface area contributed by atoms with Crippen LogP contribution < -0.4 is 0 Å². The van der Waals surface area contributed by atoms with Gasteiger partial charge in [-0.2, -0.15) is 0 Å². The number of benzene rings is 2. The monoisotopic (exact) mass is 335 g/mol. The summed E-state index contributed by atoms with van der Waals surface area (Å²) in [6.07, 6.45) is 4.43. The van der Waals surface area contributed by atoms with E-state index in [4.69, 9.17) is 9.73 Å². The fourth-order valence-corrected chi connectivity index (χ4v) is 4.39. The fourth-order valence-electron chi connectivity index (χ4n) is 3.28. The zero-order valence-corrected chi connectivity index (χ0v) is 14.8. The molecule has 3 heteroatoms. The van der Waals surface area contributed by atoms with Gasteiger partial charge < -0.3 is 4.74 Å². The van der Waals surface area contributed by atoms with Gasteiger partial charge >= 0.3 is 0 Å². The normalized spacial score (nSPS) is 25.5. The van der Waals surface area contributed by atoms with Crippen LogP contribution in [0.3, 0.4) is 0 Å². The van der Waals surface area contributed by atoms with Crippen molar-refractivity contribution in [3.8, 4) is 0 Å². The summed E-state index contributed by atoms with van der Waals surface area (Å²) in [6.45, 7) is 4.30. The summed E-state index contributed by atoms with van der Waals surface area (Å²) in [5.41, 5.74) is 2.00. The summed E-state index contributed by atoms with van der Waals surface area (Å²) in [7, 11) is 0. The standard InChI is InChI=1S/C21H21NOS/c1-15-11-13-17(14-12-15)24-19-10-6-9-18-21(19,2)23-20(22-18)16-7-4-3-5-8-16/h3-5,7-8,10-14,18H,6,9H2,1-2H3/t18-,21-/m0/s1. The van der Waals surface area contributed by atoms with Crippen molar-refractivity contribution in [1.82, 2.24) is 0 Å². The molecule has 0 bridgehead atoms. The molecule has 4 rings (SSSR count). The van der Waals surface area contributed by atoms with Crippen LogP contribution >= 0.6 is 11.8 Å². The SMILES string of the molecule is Cc1ccc(SC2=CCC[C@@H]3N=C(c4ccccc4)O[C@]23C)cc1. The molecule has 1 heterocycles. The van der Waals surface area contributed by atoms with E-state index >= 15 is 0 Å². The number of nitrogens with zero attached hydrogens (tertiary/aromatic N) is 1. The molecule has 2 nitrogen and oxygen atoms in total. The van der Waals surface area contributed by atoms with Gasteiger partial charge in [0, 0.05) is 15.4 Å². The lowest BCUT2D eigenvalue weighted by molar-refractivity contribution is 0.116. The van der Waals surface area contributed by atoms with Gasteiger partial charge in [0.1, 0.15) is 0 Å². The van der Waals surface area contributed by atoms with Gasteiger partial charge in [-0.15, -0.1) is 0 Å². The van der Waals surface area contributed by atoms with Crippen molar-refractivity contribution in [3.05, 3.63) is 76.7 Å². The molecular weight excluding hydrogens is 314 g/mol. The zero-order chi connectivity index (χ0) is 16.6. The first-order chi connectivity index (χ1) is 11.6. The third-order valence-electron chi connectivity index (χ3n) is 4.75. The predicted octanol–water partition coefficient (Wildman–Crippen LogP) is 5.37. The highest BCUT2D eigenvalue weighted by Crippen LogP contribution is 2.46. The zero-order valence-electron chi connectivity index (χ0n) is 14.0. The molecule has 0 unspecified atom stereocenters. The van der Waals surface area contributed by atoms with Gasteiger partial charge in [-0.1, -0.05) is 53.7 Å². The molecule has 1 aliphatic carbocycles. The minimum absolute atomic E-state index is 0.200. The van der Waals surface area contributed by atoms with Crippen molar-refractivity contribution < 1.29 is 4.74 Å². The highest BCUT2D eigenvalue weighted by Gasteiger charge is 2.47. The minimum atomic E-state index is -0.348. The van der Waals surface area contributed by atoms with Gasteiger partial charge in [0.25, 0.3) is 0 Å². The topological polar surface area (TPSA) is 21.6 Å². The second kappa shape index (κ2) is 6.14. The van der Waals surface area contributed by atoms with E-state index in [1.165, 1.54) is 15.4 Å². The maximum Gasteiger partial charge on any atom is 0.217 e. The number of hydrogen-bond acceptors (Lipinski definition) is 3. The summed E-state index contributed by atoms with van der Waals surface area (Å²) < 4.78 is 6.41. The second-order valence-electron chi connectivity index (χ2n) is 6.59. The van der Waals surface area contributed by atoms with E-state index in [2.05, 4.69) is 56.3 Å². The van der Waals surface area contributed by atoms with Crippen LogP contribution in [0, 0.1) is 6.92 Å². The van der Waals surface area contributed by atoms with Crippen molar-refractivity contribution >= 4 is 17.7 Å². The van der Waals surface area contributed by atoms with Crippen molar-refractivity contribution in [1.29, 1.82) is 0 Å². The third kappa shape index (κ3) is 2.78. The smallest absolute Gasteiger partial charge is 0.217 e. The average Bonchev–Trinajstić information content (AvgIpc) is 2.96. The van der Waals surface area contributed by atoms with E-state index in [1.54, 1.807) is 0 Å². The summed E-state index contributed by atoms with van der Waals surface area (Å²) >= 11 is 1.81. The third-order valence-corrected chi connectivity index (χ3v) is 6.05. The van der Waals surface area contributed by atoms with Gasteiger partial charge in [-0.3, -0.25) is 0 Å². The van der Waals surface area contributed by atoms with Crippen LogP contribution in [0.1, 0.15) is 30.9 Å². The Morgan fingerprint density at radius 1 is 1.08 bits per heavy atom.